The van der Waals surface area contributed by atoms with Gasteiger partial charge in [-0.15, -0.1) is 0 Å². The lowest BCUT2D eigenvalue weighted by molar-refractivity contribution is 0.0342. The molecule has 0 aromatic rings. The van der Waals surface area contributed by atoms with Crippen molar-refractivity contribution in [2.24, 2.45) is 5.92 Å². The fourth-order valence-corrected chi connectivity index (χ4v) is 3.20. The largest absolute Gasteiger partial charge is 0.381 e. The highest BCUT2D eigenvalue weighted by Crippen LogP contribution is 2.29. The van der Waals surface area contributed by atoms with E-state index in [2.05, 4.69) is 5.32 Å². The van der Waals surface area contributed by atoms with Gasteiger partial charge in [-0.2, -0.15) is 0 Å². The smallest absolute Gasteiger partial charge is 0.154 e. The second-order valence-corrected chi connectivity index (χ2v) is 7.98. The Labute approximate surface area is 105 Å². The Balaban J connectivity index is 2.91. The number of ether oxygens (including phenoxy) is 1. The Kier molecular flexibility index (Phi) is 4.98. The molecule has 102 valence electrons. The summed E-state index contributed by atoms with van der Waals surface area (Å²) in [7, 11) is -3.09. The molecule has 1 fully saturated rings. The Bertz CT molecular complexity index is 332. The third kappa shape index (κ3) is 3.42. The first-order chi connectivity index (χ1) is 7.80. The molecule has 1 rings (SSSR count). The fraction of sp³-hybridized carbons (Fsp3) is 1.00. The molecule has 1 aliphatic rings. The van der Waals surface area contributed by atoms with Crippen LogP contribution in [0.1, 0.15) is 33.6 Å². The van der Waals surface area contributed by atoms with Crippen molar-refractivity contribution in [1.29, 1.82) is 0 Å². The normalized spacial score (nSPS) is 24.6. The van der Waals surface area contributed by atoms with Gasteiger partial charge in [-0.25, -0.2) is 8.42 Å². The van der Waals surface area contributed by atoms with Crippen LogP contribution < -0.4 is 5.32 Å². The van der Waals surface area contributed by atoms with Crippen LogP contribution in [0.25, 0.3) is 0 Å². The molecule has 1 N–H and O–H groups in total. The van der Waals surface area contributed by atoms with E-state index in [0.29, 0.717) is 6.61 Å². The molecule has 0 aromatic heterocycles. The molecular weight excluding hydrogens is 238 g/mol. The van der Waals surface area contributed by atoms with Gasteiger partial charge in [0.15, 0.2) is 9.84 Å². The van der Waals surface area contributed by atoms with Gasteiger partial charge in [-0.05, 0) is 39.2 Å². The van der Waals surface area contributed by atoms with Crippen LogP contribution in [0.5, 0.6) is 0 Å². The van der Waals surface area contributed by atoms with E-state index in [1.807, 2.05) is 20.8 Å². The highest BCUT2D eigenvalue weighted by atomic mass is 32.2. The fourth-order valence-electron chi connectivity index (χ4n) is 2.46. The monoisotopic (exact) mass is 263 g/mol. The van der Waals surface area contributed by atoms with Crippen molar-refractivity contribution in [1.82, 2.24) is 5.32 Å². The van der Waals surface area contributed by atoms with Crippen molar-refractivity contribution in [2.45, 2.75) is 44.4 Å². The lowest BCUT2D eigenvalue weighted by atomic mass is 9.86. The molecule has 4 nitrogen and oxygen atoms in total. The minimum atomic E-state index is -3.09. The minimum absolute atomic E-state index is 0.0391. The molecule has 5 heteroatoms. The van der Waals surface area contributed by atoms with E-state index in [1.54, 1.807) is 0 Å². The molecule has 2 atom stereocenters. The average molecular weight is 263 g/mol. The van der Waals surface area contributed by atoms with Gasteiger partial charge in [0.25, 0.3) is 0 Å². The summed E-state index contributed by atoms with van der Waals surface area (Å²) >= 11 is 0. The zero-order valence-electron chi connectivity index (χ0n) is 11.3. The highest BCUT2D eigenvalue weighted by molar-refractivity contribution is 7.92. The first-order valence-corrected chi connectivity index (χ1v) is 8.20. The molecule has 0 bridgehead atoms. The maximum atomic E-state index is 11.9. The van der Waals surface area contributed by atoms with E-state index in [9.17, 15) is 8.42 Å². The van der Waals surface area contributed by atoms with E-state index in [0.717, 1.165) is 26.0 Å². The van der Waals surface area contributed by atoms with E-state index in [-0.39, 0.29) is 12.0 Å². The summed E-state index contributed by atoms with van der Waals surface area (Å²) < 4.78 is 28.6. The molecule has 2 unspecified atom stereocenters. The van der Waals surface area contributed by atoms with Gasteiger partial charge in [-0.1, -0.05) is 6.92 Å². The molecule has 17 heavy (non-hydrogen) atoms. The first kappa shape index (κ1) is 14.9. The van der Waals surface area contributed by atoms with Crippen molar-refractivity contribution in [3.63, 3.8) is 0 Å². The zero-order valence-corrected chi connectivity index (χ0v) is 12.1. The van der Waals surface area contributed by atoms with E-state index in [1.165, 1.54) is 6.26 Å². The Morgan fingerprint density at radius 1 is 1.47 bits per heavy atom. The van der Waals surface area contributed by atoms with Gasteiger partial charge >= 0.3 is 0 Å². The zero-order chi connectivity index (χ0) is 13.1. The number of hydrogen-bond donors (Lipinski definition) is 1. The number of hydrogen-bond acceptors (Lipinski definition) is 4. The van der Waals surface area contributed by atoms with E-state index in [4.69, 9.17) is 4.74 Å². The quantitative estimate of drug-likeness (QED) is 0.810. The van der Waals surface area contributed by atoms with Crippen LogP contribution in [0, 0.1) is 5.92 Å². The summed E-state index contributed by atoms with van der Waals surface area (Å²) in [5.41, 5.74) is 0. The summed E-state index contributed by atoms with van der Waals surface area (Å²) in [4.78, 5) is 0. The summed E-state index contributed by atoms with van der Waals surface area (Å²) in [6.45, 7) is 7.87. The maximum absolute atomic E-state index is 11.9. The van der Waals surface area contributed by atoms with Crippen LogP contribution in [0.2, 0.25) is 0 Å². The molecule has 0 amide bonds. The van der Waals surface area contributed by atoms with Crippen molar-refractivity contribution in [2.75, 3.05) is 26.0 Å². The van der Waals surface area contributed by atoms with Gasteiger partial charge < -0.3 is 10.1 Å². The Morgan fingerprint density at radius 2 is 2.12 bits per heavy atom. The summed E-state index contributed by atoms with van der Waals surface area (Å²) in [6.07, 6.45) is 3.38. The van der Waals surface area contributed by atoms with Crippen molar-refractivity contribution >= 4 is 9.84 Å². The van der Waals surface area contributed by atoms with E-state index < -0.39 is 14.6 Å². The predicted molar refractivity (Wildman–Crippen MR) is 69.9 cm³/mol. The molecule has 0 aromatic carbocycles. The summed E-state index contributed by atoms with van der Waals surface area (Å²) in [6, 6.07) is -0.0391. The topological polar surface area (TPSA) is 55.4 Å². The van der Waals surface area contributed by atoms with Crippen LogP contribution in [-0.4, -0.2) is 45.2 Å². The predicted octanol–water partition coefficient (Wildman–Crippen LogP) is 1.21. The summed E-state index contributed by atoms with van der Waals surface area (Å²) in [5, 5.41) is 3.34. The highest BCUT2D eigenvalue weighted by Gasteiger charge is 2.43. The molecule has 1 heterocycles. The summed E-state index contributed by atoms with van der Waals surface area (Å²) in [5.74, 6) is 0.286. The second-order valence-electron chi connectivity index (χ2n) is 5.39. The van der Waals surface area contributed by atoms with Crippen LogP contribution in [0.15, 0.2) is 0 Å². The van der Waals surface area contributed by atoms with Crippen LogP contribution in [0.3, 0.4) is 0 Å². The number of nitrogens with one attached hydrogen (secondary N) is 1. The molecular formula is C12H25NO3S. The molecule has 0 saturated carbocycles. The van der Waals surface area contributed by atoms with Crippen molar-refractivity contribution in [3.8, 4) is 0 Å². The lowest BCUT2D eigenvalue weighted by Gasteiger charge is -2.40. The number of sulfone groups is 1. The molecule has 0 radical (unpaired) electrons. The van der Waals surface area contributed by atoms with Crippen LogP contribution >= 0.6 is 0 Å². The van der Waals surface area contributed by atoms with Crippen LogP contribution in [0.4, 0.5) is 0 Å². The van der Waals surface area contributed by atoms with Gasteiger partial charge in [0, 0.05) is 18.9 Å². The standard InChI is InChI=1S/C12H25NO3S/c1-5-13-11(10-7-6-8-16-9-10)12(2,3)17(4,14)15/h10-11,13H,5-9H2,1-4H3. The van der Waals surface area contributed by atoms with Crippen molar-refractivity contribution < 1.29 is 13.2 Å². The maximum Gasteiger partial charge on any atom is 0.154 e. The average Bonchev–Trinajstić information content (AvgIpc) is 2.25. The van der Waals surface area contributed by atoms with Gasteiger partial charge in [-0.3, -0.25) is 0 Å². The Hall–Kier alpha value is -0.130. The first-order valence-electron chi connectivity index (χ1n) is 6.31. The minimum Gasteiger partial charge on any atom is -0.381 e. The van der Waals surface area contributed by atoms with Gasteiger partial charge in [0.2, 0.25) is 0 Å². The Morgan fingerprint density at radius 3 is 2.53 bits per heavy atom. The molecule has 1 saturated heterocycles. The van der Waals surface area contributed by atoms with Gasteiger partial charge in [0.1, 0.15) is 0 Å². The number of rotatable bonds is 5. The molecule has 0 spiro atoms. The third-order valence-electron chi connectivity index (χ3n) is 3.80. The SMILES string of the molecule is CCNC(C1CCCOC1)C(C)(C)S(C)(=O)=O. The van der Waals surface area contributed by atoms with Gasteiger partial charge in [0.05, 0.1) is 11.4 Å². The van der Waals surface area contributed by atoms with E-state index >= 15 is 0 Å². The lowest BCUT2D eigenvalue weighted by Crippen LogP contribution is -2.56. The van der Waals surface area contributed by atoms with Crippen molar-refractivity contribution in [3.05, 3.63) is 0 Å². The molecule has 0 aliphatic carbocycles. The third-order valence-corrected chi connectivity index (χ3v) is 5.96. The van der Waals surface area contributed by atoms with Crippen LogP contribution in [-0.2, 0) is 14.6 Å². The second kappa shape index (κ2) is 5.67. The molecule has 1 aliphatic heterocycles.